The molecule has 11 heteroatoms. The van der Waals surface area contributed by atoms with Crippen molar-refractivity contribution in [2.75, 3.05) is 0 Å². The van der Waals surface area contributed by atoms with E-state index >= 15 is 0 Å². The van der Waals surface area contributed by atoms with Crippen LogP contribution in [0.2, 0.25) is 0 Å². The summed E-state index contributed by atoms with van der Waals surface area (Å²) in [6.45, 7) is 0. The molecule has 11 nitrogen and oxygen atoms in total. The van der Waals surface area contributed by atoms with E-state index in [0.29, 0.717) is 34.9 Å². The van der Waals surface area contributed by atoms with Gasteiger partial charge in [0.05, 0.1) is 38.6 Å². The van der Waals surface area contributed by atoms with Crippen molar-refractivity contribution in [2.45, 2.75) is 5.41 Å². The topological polar surface area (TPSA) is 127 Å². The first kappa shape index (κ1) is 64.5. The van der Waals surface area contributed by atoms with Gasteiger partial charge in [0.2, 0.25) is 0 Å². The number of para-hydroxylation sites is 5. The highest BCUT2D eigenvalue weighted by Crippen LogP contribution is 2.58. The average molecular weight is 1460 g/mol. The Labute approximate surface area is 652 Å². The van der Waals surface area contributed by atoms with Gasteiger partial charge in [-0.1, -0.05) is 285 Å². The van der Waals surface area contributed by atoms with E-state index in [1.54, 1.807) is 0 Å². The van der Waals surface area contributed by atoms with Crippen LogP contribution in [0, 0.1) is 0 Å². The summed E-state index contributed by atoms with van der Waals surface area (Å²) in [7, 11) is 0. The third kappa shape index (κ3) is 10.2. The molecule has 0 radical (unpaired) electrons. The second-order valence-corrected chi connectivity index (χ2v) is 29.1. The molecule has 0 saturated carbocycles. The van der Waals surface area contributed by atoms with Crippen molar-refractivity contribution in [1.82, 2.24) is 39.0 Å². The molecule has 1 aliphatic carbocycles. The Morgan fingerprint density at radius 1 is 0.202 bits per heavy atom. The fraction of sp³-hybridized carbons (Fsp3) is 0.00971. The second-order valence-electron chi connectivity index (χ2n) is 29.1. The zero-order valence-electron chi connectivity index (χ0n) is 61.1. The van der Waals surface area contributed by atoms with E-state index in [0.717, 1.165) is 138 Å². The Bertz CT molecular complexity index is 7630. The molecule has 0 amide bonds. The highest BCUT2D eigenvalue weighted by atomic mass is 16.3. The van der Waals surface area contributed by atoms with Crippen LogP contribution in [0.1, 0.15) is 22.3 Å². The number of benzene rings is 16. The molecule has 1 aliphatic rings. The number of hydrogen-bond donors (Lipinski definition) is 0. The van der Waals surface area contributed by atoms with Crippen LogP contribution in [0.25, 0.3) is 200 Å². The normalized spacial score (nSPS) is 12.5. The molecule has 7 aromatic heterocycles. The molecule has 0 fully saturated rings. The van der Waals surface area contributed by atoms with Gasteiger partial charge in [-0.2, -0.15) is 0 Å². The smallest absolute Gasteiger partial charge is 0.167 e. The van der Waals surface area contributed by atoms with Crippen molar-refractivity contribution in [1.29, 1.82) is 0 Å². The molecule has 0 atom stereocenters. The van der Waals surface area contributed by atoms with Gasteiger partial charge in [0.25, 0.3) is 0 Å². The van der Waals surface area contributed by atoms with Crippen LogP contribution in [0.15, 0.2) is 389 Å². The maximum Gasteiger partial charge on any atom is 0.167 e. The van der Waals surface area contributed by atoms with Crippen molar-refractivity contribution in [3.05, 3.63) is 398 Å². The fourth-order valence-corrected chi connectivity index (χ4v) is 17.7. The third-order valence-corrected chi connectivity index (χ3v) is 22.8. The lowest BCUT2D eigenvalue weighted by atomic mass is 9.67. The minimum Gasteiger partial charge on any atom is -0.456 e. The zero-order valence-corrected chi connectivity index (χ0v) is 61.1. The van der Waals surface area contributed by atoms with Gasteiger partial charge in [-0.05, 0) is 124 Å². The van der Waals surface area contributed by atoms with Crippen LogP contribution in [0.5, 0.6) is 0 Å². The molecule has 114 heavy (non-hydrogen) atoms. The Morgan fingerprint density at radius 3 is 1.06 bits per heavy atom. The standard InChI is InChI=1S/C58H36N4O.C45H26N4O2/c1-5-18-37(19-6-1)55-59-56(38-20-7-2-8-21-38)61-57(60-55)45-29-17-28-44-48-34-41(32-33-53(48)63-54(44)45)62-51-31-16-14-27-43(51)47-35-50-46(36-52(47)62)42-26-13-15-30-49(42)58(50,39-22-9-3-10-23-39)40-24-11-4-12-25-40;1-3-12-27(13-4-1)43-46-44(28-14-5-2-6-15-28)48-45(47-43)33-19-11-18-32-35-24-29(22-23-40(35)51-42(32)33)49-37-20-9-7-16-30(37)34-26-41-36(25-38(34)49)31-17-8-10-21-39(31)50-41/h1-36H;1-26H. The molecule has 532 valence electrons. The quantitative estimate of drug-likeness (QED) is 0.131. The maximum absolute atomic E-state index is 6.77. The van der Waals surface area contributed by atoms with Gasteiger partial charge in [-0.15, -0.1) is 0 Å². The third-order valence-electron chi connectivity index (χ3n) is 22.8. The molecule has 0 aliphatic heterocycles. The largest absolute Gasteiger partial charge is 0.456 e. The molecule has 24 rings (SSSR count). The van der Waals surface area contributed by atoms with E-state index in [1.807, 2.05) is 146 Å². The zero-order chi connectivity index (χ0) is 75.0. The molecule has 23 aromatic rings. The summed E-state index contributed by atoms with van der Waals surface area (Å²) in [4.78, 5) is 29.9. The monoisotopic (exact) mass is 1460 g/mol. The molecule has 16 aromatic carbocycles. The number of aromatic nitrogens is 8. The van der Waals surface area contributed by atoms with E-state index in [-0.39, 0.29) is 0 Å². The van der Waals surface area contributed by atoms with Crippen LogP contribution < -0.4 is 0 Å². The Morgan fingerprint density at radius 2 is 0.570 bits per heavy atom. The van der Waals surface area contributed by atoms with Gasteiger partial charge in [-0.25, -0.2) is 29.9 Å². The van der Waals surface area contributed by atoms with Gasteiger partial charge in [0.15, 0.2) is 34.9 Å². The summed E-state index contributed by atoms with van der Waals surface area (Å²) >= 11 is 0. The number of nitrogens with zero attached hydrogens (tertiary/aromatic N) is 8. The average Bonchev–Trinajstić information content (AvgIpc) is 1.52. The molecule has 0 saturated heterocycles. The summed E-state index contributed by atoms with van der Waals surface area (Å²) in [5.41, 5.74) is 24.0. The van der Waals surface area contributed by atoms with Crippen molar-refractivity contribution in [3.8, 4) is 90.8 Å². The first-order valence-electron chi connectivity index (χ1n) is 38.3. The molecule has 7 heterocycles. The van der Waals surface area contributed by atoms with Crippen molar-refractivity contribution in [2.24, 2.45) is 0 Å². The number of hydrogen-bond acceptors (Lipinski definition) is 9. The summed E-state index contributed by atoms with van der Waals surface area (Å²) in [6, 6.07) is 132. The van der Waals surface area contributed by atoms with Crippen molar-refractivity contribution in [3.63, 3.8) is 0 Å². The van der Waals surface area contributed by atoms with Crippen LogP contribution in [-0.2, 0) is 5.41 Å². The Kier molecular flexibility index (Phi) is 14.6. The van der Waals surface area contributed by atoms with Gasteiger partial charge in [0, 0.05) is 87.5 Å². The first-order valence-corrected chi connectivity index (χ1v) is 38.3. The highest BCUT2D eigenvalue weighted by molar-refractivity contribution is 6.19. The number of rotatable bonds is 10. The molecule has 0 unspecified atom stereocenters. The summed E-state index contributed by atoms with van der Waals surface area (Å²) < 4.78 is 24.5. The highest BCUT2D eigenvalue weighted by Gasteiger charge is 2.46. The predicted molar refractivity (Wildman–Crippen MR) is 460 cm³/mol. The Balaban J connectivity index is 0.000000138. The SMILES string of the molecule is c1ccc(-c2nc(-c3ccccc3)nc(-c3cccc4c3oc3ccc(-n5c6ccccc6c6cc7c(cc65)-c5ccccc5C7(c5ccccc5)c5ccccc5)cc34)n2)cc1.c1ccc(-c2nc(-c3ccccc3)nc(-c3cccc4c3oc3ccc(-n5c6ccccc6c6cc7oc8ccccc8c7cc65)cc34)n2)cc1. The van der Waals surface area contributed by atoms with E-state index in [4.69, 9.17) is 43.2 Å². The second kappa shape index (κ2) is 25.8. The predicted octanol–water partition coefficient (Wildman–Crippen LogP) is 26.0. The van der Waals surface area contributed by atoms with Crippen molar-refractivity contribution < 1.29 is 13.3 Å². The van der Waals surface area contributed by atoms with Gasteiger partial charge in [0.1, 0.15) is 33.5 Å². The van der Waals surface area contributed by atoms with Crippen molar-refractivity contribution >= 4 is 109 Å². The van der Waals surface area contributed by atoms with Gasteiger partial charge in [-0.3, -0.25) is 0 Å². The molecule has 0 N–H and O–H groups in total. The van der Waals surface area contributed by atoms with Gasteiger partial charge < -0.3 is 22.4 Å². The van der Waals surface area contributed by atoms with Crippen LogP contribution >= 0.6 is 0 Å². The minimum atomic E-state index is -0.486. The summed E-state index contributed by atoms with van der Waals surface area (Å²) in [5, 5.41) is 11.0. The van der Waals surface area contributed by atoms with E-state index in [1.165, 1.54) is 49.5 Å². The fourth-order valence-electron chi connectivity index (χ4n) is 17.7. The van der Waals surface area contributed by atoms with Crippen LogP contribution in [-0.4, -0.2) is 39.0 Å². The van der Waals surface area contributed by atoms with Crippen LogP contribution in [0.3, 0.4) is 0 Å². The van der Waals surface area contributed by atoms with E-state index in [2.05, 4.69) is 240 Å². The Hall–Kier alpha value is -15.5. The lowest BCUT2D eigenvalue weighted by molar-refractivity contribution is 0.669. The first-order chi connectivity index (χ1) is 56.5. The number of fused-ring (bicyclic) bond motifs is 18. The molecule has 0 spiro atoms. The molecular weight excluding hydrogens is 1400 g/mol. The van der Waals surface area contributed by atoms with Gasteiger partial charge >= 0.3 is 0 Å². The molecule has 0 bridgehead atoms. The minimum absolute atomic E-state index is 0.486. The van der Waals surface area contributed by atoms with Crippen LogP contribution in [0.4, 0.5) is 0 Å². The lowest BCUT2D eigenvalue weighted by Gasteiger charge is -2.33. The van der Waals surface area contributed by atoms with E-state index in [9.17, 15) is 0 Å². The molecular formula is C103H62N8O3. The van der Waals surface area contributed by atoms with E-state index < -0.39 is 5.41 Å². The lowest BCUT2D eigenvalue weighted by Crippen LogP contribution is -2.28. The number of furan rings is 3. The summed E-state index contributed by atoms with van der Waals surface area (Å²) in [6.07, 6.45) is 0. The summed E-state index contributed by atoms with van der Waals surface area (Å²) in [5.74, 6) is 3.57. The maximum atomic E-state index is 6.77.